The lowest BCUT2D eigenvalue weighted by Crippen LogP contribution is -2.66. The van der Waals surface area contributed by atoms with Gasteiger partial charge in [0.1, 0.15) is 6.10 Å². The number of carboxylic acids is 1. The predicted octanol–water partition coefficient (Wildman–Crippen LogP) is 8.93. The summed E-state index contributed by atoms with van der Waals surface area (Å²) in [6.45, 7) is 20.8. The number of halogens is 1. The zero-order valence-electron chi connectivity index (χ0n) is 38.2. The van der Waals surface area contributed by atoms with Gasteiger partial charge in [0.05, 0.1) is 11.8 Å². The second kappa shape index (κ2) is 16.1. The Morgan fingerprint density at radius 2 is 1.56 bits per heavy atom. The minimum absolute atomic E-state index is 0.00617. The molecule has 1 aromatic carbocycles. The first kappa shape index (κ1) is 45.8. The Morgan fingerprint density at radius 1 is 0.869 bits per heavy atom. The highest BCUT2D eigenvalue weighted by Gasteiger charge is 2.70. The number of ketones is 1. The van der Waals surface area contributed by atoms with Crippen LogP contribution in [0.3, 0.4) is 0 Å². The lowest BCUT2D eigenvalue weighted by molar-refractivity contribution is -0.236. The smallest absolute Gasteiger partial charge is 0.309 e. The molecule has 0 radical (unpaired) electrons. The van der Waals surface area contributed by atoms with Crippen LogP contribution in [-0.2, 0) is 23.9 Å². The van der Waals surface area contributed by atoms with Crippen LogP contribution in [0, 0.1) is 68.0 Å². The second-order valence-electron chi connectivity index (χ2n) is 22.5. The quantitative estimate of drug-likeness (QED) is 0.151. The maximum Gasteiger partial charge on any atom is 0.309 e. The molecule has 5 N–H and O–H groups in total. The SMILES string of the molecule is CC(C)C1=C2[C@H]3CC[C@@H]4[C@@]5(C)CC[C@H](OC(=O)[C@H]6C[C@@H](C(=O)O)C6(C)C)C(C)(C)[C@@H]5CC[C@@]4(C)[C@]3(C)CC[C@@]2(CC(=O)NC(CCN)CNC(=O)c2ccc(Cl)cc2)CC1=O. The number of allylic oxidation sites excluding steroid dienone is 2. The van der Waals surface area contributed by atoms with Crippen LogP contribution in [0.15, 0.2) is 35.4 Å². The van der Waals surface area contributed by atoms with Crippen LogP contribution in [0.25, 0.3) is 0 Å². The summed E-state index contributed by atoms with van der Waals surface area (Å²) in [4.78, 5) is 66.8. The third-order valence-electron chi connectivity index (χ3n) is 18.6. The van der Waals surface area contributed by atoms with Crippen molar-refractivity contribution < 1.29 is 33.8 Å². The summed E-state index contributed by atoms with van der Waals surface area (Å²) in [5.74, 6) is -1.11. The number of benzene rings is 1. The standard InChI is InChI=1S/C50H72ClN3O7/c1-28(2)40-35(55)25-50(26-39(56)54-31(18-23-52)27-53-42(57)29-10-12-30(51)13-11-29)22-21-48(8)32(41(40)50)14-15-37-47(7)19-17-38(46(5,6)36(47)16-20-49(37,48)9)61-44(60)34-24-33(43(58)59)45(34,3)4/h10-13,28,31-34,36-38H,14-27,52H2,1-9H3,(H,53,57)(H,54,56)(H,58,59)/t31?,32-,33+,34-,36+,37-,38+,47+,48-,49-,50+/m1/s1. The number of Topliss-reactive ketones (excluding diaryl/α,β-unsaturated/α-hetero) is 1. The van der Waals surface area contributed by atoms with Crippen LogP contribution in [0.1, 0.15) is 150 Å². The summed E-state index contributed by atoms with van der Waals surface area (Å²) in [6.07, 6.45) is 8.84. The summed E-state index contributed by atoms with van der Waals surface area (Å²) in [7, 11) is 0. The normalized spacial score (nSPS) is 37.6. The number of carbonyl (C=O) groups is 5. The number of hydrogen-bond donors (Lipinski definition) is 4. The predicted molar refractivity (Wildman–Crippen MR) is 236 cm³/mol. The third kappa shape index (κ3) is 7.39. The van der Waals surface area contributed by atoms with Crippen molar-refractivity contribution in [3.63, 3.8) is 0 Å². The number of amides is 2. The zero-order valence-corrected chi connectivity index (χ0v) is 38.9. The summed E-state index contributed by atoms with van der Waals surface area (Å²) in [5, 5.41) is 16.4. The number of aliphatic carboxylic acids is 1. The molecular weight excluding hydrogens is 790 g/mol. The van der Waals surface area contributed by atoms with E-state index in [-0.39, 0.29) is 82.2 Å². The Balaban J connectivity index is 1.09. The third-order valence-corrected chi connectivity index (χ3v) is 18.9. The van der Waals surface area contributed by atoms with Crippen LogP contribution in [0.5, 0.6) is 0 Å². The Kier molecular flexibility index (Phi) is 12.1. The molecule has 0 aromatic heterocycles. The van der Waals surface area contributed by atoms with Crippen molar-refractivity contribution in [1.29, 1.82) is 0 Å². The first-order chi connectivity index (χ1) is 28.5. The second-order valence-corrected chi connectivity index (χ2v) is 22.9. The van der Waals surface area contributed by atoms with E-state index in [1.807, 2.05) is 13.8 Å². The van der Waals surface area contributed by atoms with E-state index in [4.69, 9.17) is 22.1 Å². The Labute approximate surface area is 368 Å². The van der Waals surface area contributed by atoms with Crippen LogP contribution in [0.2, 0.25) is 5.02 Å². The number of fused-ring (bicyclic) bond motifs is 7. The highest BCUT2D eigenvalue weighted by molar-refractivity contribution is 6.30. The average molecular weight is 863 g/mol. The number of carboxylic acid groups (broad SMARTS) is 1. The number of rotatable bonds is 12. The molecule has 336 valence electrons. The largest absolute Gasteiger partial charge is 0.481 e. The number of ether oxygens (including phenoxy) is 1. The average Bonchev–Trinajstić information content (AvgIpc) is 3.46. The van der Waals surface area contributed by atoms with Crippen LogP contribution in [0.4, 0.5) is 0 Å². The van der Waals surface area contributed by atoms with Crippen molar-refractivity contribution >= 4 is 41.1 Å². The molecule has 2 amide bonds. The van der Waals surface area contributed by atoms with Gasteiger partial charge < -0.3 is 26.2 Å². The number of hydrogen-bond acceptors (Lipinski definition) is 7. The van der Waals surface area contributed by atoms with Gasteiger partial charge in [0.2, 0.25) is 5.91 Å². The fourth-order valence-corrected chi connectivity index (χ4v) is 15.2. The molecule has 11 atom stereocenters. The van der Waals surface area contributed by atoms with E-state index in [1.165, 1.54) is 5.57 Å². The van der Waals surface area contributed by atoms with Crippen molar-refractivity contribution in [3.05, 3.63) is 46.0 Å². The zero-order chi connectivity index (χ0) is 44.7. The number of nitrogens with two attached hydrogens (primary N) is 1. The van der Waals surface area contributed by atoms with E-state index in [0.717, 1.165) is 56.9 Å². The van der Waals surface area contributed by atoms with E-state index < -0.39 is 28.6 Å². The van der Waals surface area contributed by atoms with Gasteiger partial charge >= 0.3 is 11.9 Å². The molecule has 5 saturated carbocycles. The molecule has 0 bridgehead atoms. The van der Waals surface area contributed by atoms with E-state index in [2.05, 4.69) is 59.1 Å². The number of esters is 1. The van der Waals surface area contributed by atoms with Gasteiger partial charge in [-0.15, -0.1) is 0 Å². The van der Waals surface area contributed by atoms with Gasteiger partial charge in [-0.25, -0.2) is 0 Å². The van der Waals surface area contributed by atoms with Crippen LogP contribution in [-0.4, -0.2) is 59.9 Å². The molecule has 1 aromatic rings. The van der Waals surface area contributed by atoms with Gasteiger partial charge in [-0.3, -0.25) is 24.0 Å². The molecule has 7 rings (SSSR count). The van der Waals surface area contributed by atoms with Crippen molar-refractivity contribution in [1.82, 2.24) is 10.6 Å². The maximum atomic E-state index is 14.2. The maximum absolute atomic E-state index is 14.2. The van der Waals surface area contributed by atoms with Gasteiger partial charge in [0.25, 0.3) is 5.91 Å². The van der Waals surface area contributed by atoms with Gasteiger partial charge in [-0.2, -0.15) is 0 Å². The van der Waals surface area contributed by atoms with Crippen molar-refractivity contribution in [2.24, 2.45) is 73.7 Å². The van der Waals surface area contributed by atoms with Crippen LogP contribution < -0.4 is 16.4 Å². The molecule has 0 saturated heterocycles. The number of carbonyl (C=O) groups excluding carboxylic acids is 4. The highest BCUT2D eigenvalue weighted by atomic mass is 35.5. The van der Waals surface area contributed by atoms with Crippen molar-refractivity contribution in [2.45, 2.75) is 152 Å². The van der Waals surface area contributed by atoms with E-state index in [1.54, 1.807) is 24.3 Å². The topological polar surface area (TPSA) is 165 Å². The summed E-state index contributed by atoms with van der Waals surface area (Å²) in [6, 6.07) is 6.34. The first-order valence-corrected chi connectivity index (χ1v) is 23.6. The molecule has 1 unspecified atom stereocenters. The summed E-state index contributed by atoms with van der Waals surface area (Å²) >= 11 is 6.02. The summed E-state index contributed by atoms with van der Waals surface area (Å²) in [5.41, 5.74) is 7.26. The van der Waals surface area contributed by atoms with Gasteiger partial charge in [-0.1, -0.05) is 79.5 Å². The van der Waals surface area contributed by atoms with E-state index in [9.17, 15) is 29.1 Å². The van der Waals surface area contributed by atoms with E-state index in [0.29, 0.717) is 48.2 Å². The minimum Gasteiger partial charge on any atom is -0.481 e. The fourth-order valence-electron chi connectivity index (χ4n) is 15.0. The molecule has 61 heavy (non-hydrogen) atoms. The molecular formula is C50H72ClN3O7. The molecule has 11 heteroatoms. The fraction of sp³-hybridized carbons (Fsp3) is 0.740. The molecule has 0 spiro atoms. The Bertz CT molecular complexity index is 1980. The molecule has 6 aliphatic carbocycles. The Morgan fingerprint density at radius 3 is 2.18 bits per heavy atom. The Hall–Kier alpha value is -3.24. The lowest BCUT2D eigenvalue weighted by atomic mass is 9.33. The highest BCUT2D eigenvalue weighted by Crippen LogP contribution is 2.77. The monoisotopic (exact) mass is 862 g/mol. The number of nitrogens with one attached hydrogen (secondary N) is 2. The molecule has 6 aliphatic rings. The van der Waals surface area contributed by atoms with Crippen LogP contribution >= 0.6 is 11.6 Å². The molecule has 0 heterocycles. The molecule has 0 aliphatic heterocycles. The lowest BCUT2D eigenvalue weighted by Gasteiger charge is -2.72. The van der Waals surface area contributed by atoms with Crippen molar-refractivity contribution in [2.75, 3.05) is 13.1 Å². The van der Waals surface area contributed by atoms with E-state index >= 15 is 0 Å². The minimum atomic E-state index is -0.844. The summed E-state index contributed by atoms with van der Waals surface area (Å²) < 4.78 is 6.42. The van der Waals surface area contributed by atoms with Crippen molar-refractivity contribution in [3.8, 4) is 0 Å². The van der Waals surface area contributed by atoms with Gasteiger partial charge in [-0.05, 0) is 146 Å². The van der Waals surface area contributed by atoms with Gasteiger partial charge in [0, 0.05) is 46.8 Å². The van der Waals surface area contributed by atoms with Gasteiger partial charge in [0.15, 0.2) is 5.78 Å². The first-order valence-electron chi connectivity index (χ1n) is 23.2. The molecule has 10 nitrogen and oxygen atoms in total. The molecule has 5 fully saturated rings.